The van der Waals surface area contributed by atoms with Crippen molar-refractivity contribution in [3.63, 3.8) is 0 Å². The van der Waals surface area contributed by atoms with Crippen molar-refractivity contribution in [3.8, 4) is 0 Å². The molecule has 122 valence electrons. The summed E-state index contributed by atoms with van der Waals surface area (Å²) >= 11 is 1.43. The second-order valence-corrected chi connectivity index (χ2v) is 6.13. The molecule has 0 radical (unpaired) electrons. The van der Waals surface area contributed by atoms with Gasteiger partial charge in [0.05, 0.1) is 36.8 Å². The first-order valence-corrected chi connectivity index (χ1v) is 8.44. The molecule has 1 N–H and O–H groups in total. The van der Waals surface area contributed by atoms with Crippen molar-refractivity contribution in [3.05, 3.63) is 34.7 Å². The number of ether oxygens (including phenoxy) is 1. The van der Waals surface area contributed by atoms with Gasteiger partial charge in [0, 0.05) is 31.4 Å². The molecule has 0 aliphatic carbocycles. The summed E-state index contributed by atoms with van der Waals surface area (Å²) in [5, 5.41) is 4.73. The molecule has 7 nitrogen and oxygen atoms in total. The van der Waals surface area contributed by atoms with Crippen LogP contribution in [0.2, 0.25) is 0 Å². The number of nitrogens with one attached hydrogen (secondary N) is 1. The van der Waals surface area contributed by atoms with E-state index in [0.29, 0.717) is 32.0 Å². The molecule has 2 aromatic rings. The predicted octanol–water partition coefficient (Wildman–Crippen LogP) is 1.31. The van der Waals surface area contributed by atoms with Crippen LogP contribution >= 0.6 is 11.3 Å². The van der Waals surface area contributed by atoms with Gasteiger partial charge in [-0.2, -0.15) is 0 Å². The molecule has 2 aromatic heterocycles. The van der Waals surface area contributed by atoms with Gasteiger partial charge in [-0.15, -0.1) is 11.3 Å². The van der Waals surface area contributed by atoms with E-state index in [-0.39, 0.29) is 11.8 Å². The highest BCUT2D eigenvalue weighted by molar-refractivity contribution is 7.07. The van der Waals surface area contributed by atoms with E-state index < -0.39 is 0 Å². The maximum Gasteiger partial charge on any atom is 0.273 e. The Labute approximate surface area is 138 Å². The summed E-state index contributed by atoms with van der Waals surface area (Å²) in [6.07, 6.45) is 4.21. The molecule has 3 rings (SSSR count). The number of thiazole rings is 1. The van der Waals surface area contributed by atoms with Gasteiger partial charge in [-0.3, -0.25) is 9.78 Å². The first-order valence-electron chi connectivity index (χ1n) is 7.50. The van der Waals surface area contributed by atoms with E-state index in [4.69, 9.17) is 4.74 Å². The van der Waals surface area contributed by atoms with Crippen molar-refractivity contribution in [2.75, 3.05) is 38.7 Å². The first kappa shape index (κ1) is 15.8. The fraction of sp³-hybridized carbons (Fsp3) is 0.467. The van der Waals surface area contributed by atoms with Gasteiger partial charge in [-0.1, -0.05) is 0 Å². The van der Waals surface area contributed by atoms with Gasteiger partial charge >= 0.3 is 0 Å². The molecule has 1 fully saturated rings. The lowest BCUT2D eigenvalue weighted by Gasteiger charge is -2.22. The summed E-state index contributed by atoms with van der Waals surface area (Å²) in [4.78, 5) is 27.1. The molecule has 1 unspecified atom stereocenters. The minimum Gasteiger partial charge on any atom is -0.379 e. The van der Waals surface area contributed by atoms with E-state index in [1.807, 2.05) is 11.9 Å². The Morgan fingerprint density at radius 2 is 2.35 bits per heavy atom. The van der Waals surface area contributed by atoms with Crippen LogP contribution in [0.5, 0.6) is 0 Å². The molecule has 1 saturated heterocycles. The minimum atomic E-state index is -0.0293. The summed E-state index contributed by atoms with van der Waals surface area (Å²) in [6.45, 7) is 2.41. The third-order valence-corrected chi connectivity index (χ3v) is 4.32. The zero-order valence-corrected chi connectivity index (χ0v) is 13.8. The number of anilines is 1. The molecular formula is C15H19N5O2S. The second-order valence-electron chi connectivity index (χ2n) is 5.41. The smallest absolute Gasteiger partial charge is 0.273 e. The molecule has 1 atom stereocenters. The van der Waals surface area contributed by atoms with Crippen molar-refractivity contribution in [2.45, 2.75) is 6.42 Å². The Morgan fingerprint density at radius 1 is 1.43 bits per heavy atom. The number of amides is 1. The Bertz CT molecular complexity index is 632. The summed E-state index contributed by atoms with van der Waals surface area (Å²) in [6, 6.07) is 0. The van der Waals surface area contributed by atoms with Crippen LogP contribution in [0.1, 0.15) is 16.2 Å². The van der Waals surface area contributed by atoms with Crippen molar-refractivity contribution >= 4 is 23.1 Å². The van der Waals surface area contributed by atoms with Crippen LogP contribution in [-0.2, 0) is 11.2 Å². The van der Waals surface area contributed by atoms with E-state index in [2.05, 4.69) is 20.3 Å². The highest BCUT2D eigenvalue weighted by Crippen LogP contribution is 2.15. The third-order valence-electron chi connectivity index (χ3n) is 3.74. The maximum atomic E-state index is 12.5. The Hall–Kier alpha value is -2.06. The number of carbonyl (C=O) groups is 1. The van der Waals surface area contributed by atoms with Crippen LogP contribution in [0.4, 0.5) is 5.82 Å². The number of hydrogen-bond acceptors (Lipinski definition) is 7. The second kappa shape index (κ2) is 7.47. The van der Waals surface area contributed by atoms with Crippen molar-refractivity contribution < 1.29 is 9.53 Å². The molecule has 23 heavy (non-hydrogen) atoms. The van der Waals surface area contributed by atoms with Crippen molar-refractivity contribution in [1.82, 2.24) is 19.9 Å². The number of nitrogens with zero attached hydrogens (tertiary/aromatic N) is 4. The molecule has 0 aromatic carbocycles. The highest BCUT2D eigenvalue weighted by atomic mass is 32.1. The number of aromatic nitrogens is 3. The van der Waals surface area contributed by atoms with Gasteiger partial charge in [-0.05, 0) is 6.42 Å². The van der Waals surface area contributed by atoms with E-state index >= 15 is 0 Å². The van der Waals surface area contributed by atoms with Crippen LogP contribution in [0, 0.1) is 5.92 Å². The van der Waals surface area contributed by atoms with E-state index in [0.717, 1.165) is 17.9 Å². The molecule has 1 aliphatic heterocycles. The van der Waals surface area contributed by atoms with Crippen molar-refractivity contribution in [2.24, 2.45) is 5.92 Å². The molecule has 0 bridgehead atoms. The molecular weight excluding hydrogens is 314 g/mol. The molecule has 3 heterocycles. The van der Waals surface area contributed by atoms with Gasteiger partial charge in [0.25, 0.3) is 5.91 Å². The average molecular weight is 333 g/mol. The molecule has 0 saturated carbocycles. The fourth-order valence-electron chi connectivity index (χ4n) is 2.55. The fourth-order valence-corrected chi connectivity index (χ4v) is 3.08. The topological polar surface area (TPSA) is 80.2 Å². The van der Waals surface area contributed by atoms with E-state index in [9.17, 15) is 4.79 Å². The Balaban J connectivity index is 1.65. The normalized spacial score (nSPS) is 18.5. The standard InChI is InChI=1S/C15H19N5O2S/c1-16-14-6-17-12(5-18-14)4-11-7-20(2-3-22-8-11)15(21)13-9-23-10-19-13/h5-6,9-11H,2-4,7-8H2,1H3,(H,16,18). The van der Waals surface area contributed by atoms with E-state index in [1.165, 1.54) is 11.3 Å². The van der Waals surface area contributed by atoms with Gasteiger partial charge < -0.3 is 15.0 Å². The summed E-state index contributed by atoms with van der Waals surface area (Å²) in [5.74, 6) is 0.916. The Morgan fingerprint density at radius 3 is 3.04 bits per heavy atom. The van der Waals surface area contributed by atoms with Crippen LogP contribution in [0.3, 0.4) is 0 Å². The van der Waals surface area contributed by atoms with Gasteiger partial charge in [0.15, 0.2) is 0 Å². The van der Waals surface area contributed by atoms with Crippen LogP contribution in [-0.4, -0.2) is 59.1 Å². The molecule has 1 aliphatic rings. The maximum absolute atomic E-state index is 12.5. The molecule has 8 heteroatoms. The summed E-state index contributed by atoms with van der Waals surface area (Å²) < 4.78 is 5.65. The zero-order chi connectivity index (χ0) is 16.1. The predicted molar refractivity (Wildman–Crippen MR) is 87.6 cm³/mol. The lowest BCUT2D eigenvalue weighted by Crippen LogP contribution is -2.36. The monoisotopic (exact) mass is 333 g/mol. The quantitative estimate of drug-likeness (QED) is 0.908. The molecule has 1 amide bonds. The summed E-state index contributed by atoms with van der Waals surface area (Å²) in [5.41, 5.74) is 3.09. The zero-order valence-electron chi connectivity index (χ0n) is 12.9. The lowest BCUT2D eigenvalue weighted by molar-refractivity contribution is 0.0732. The summed E-state index contributed by atoms with van der Waals surface area (Å²) in [7, 11) is 1.81. The Kier molecular flexibility index (Phi) is 5.14. The van der Waals surface area contributed by atoms with Crippen molar-refractivity contribution in [1.29, 1.82) is 0 Å². The number of rotatable bonds is 4. The van der Waals surface area contributed by atoms with E-state index in [1.54, 1.807) is 23.3 Å². The van der Waals surface area contributed by atoms with Gasteiger partial charge in [-0.25, -0.2) is 9.97 Å². The van der Waals surface area contributed by atoms with Crippen LogP contribution in [0.25, 0.3) is 0 Å². The molecule has 0 spiro atoms. The van der Waals surface area contributed by atoms with Crippen LogP contribution in [0.15, 0.2) is 23.3 Å². The minimum absolute atomic E-state index is 0.0293. The van der Waals surface area contributed by atoms with Gasteiger partial charge in [0.2, 0.25) is 0 Å². The highest BCUT2D eigenvalue weighted by Gasteiger charge is 2.24. The third kappa shape index (κ3) is 4.02. The SMILES string of the molecule is CNc1cnc(CC2COCCN(C(=O)c3cscn3)C2)cn1. The first-order chi connectivity index (χ1) is 11.3. The van der Waals surface area contributed by atoms with Gasteiger partial charge in [0.1, 0.15) is 11.5 Å². The average Bonchev–Trinajstić information content (AvgIpc) is 3.02. The lowest BCUT2D eigenvalue weighted by atomic mass is 10.0. The largest absolute Gasteiger partial charge is 0.379 e. The number of carbonyl (C=O) groups excluding carboxylic acids is 1. The number of hydrogen-bond donors (Lipinski definition) is 1. The van der Waals surface area contributed by atoms with Crippen LogP contribution < -0.4 is 5.32 Å².